The summed E-state index contributed by atoms with van der Waals surface area (Å²) in [6.45, 7) is 2.91. The molecule has 0 aromatic carbocycles. The zero-order valence-corrected chi connectivity index (χ0v) is 9.03. The summed E-state index contributed by atoms with van der Waals surface area (Å²) in [6.07, 6.45) is -0.313. The number of ketones is 1. The second-order valence-electron chi connectivity index (χ2n) is 3.28. The van der Waals surface area contributed by atoms with Crippen molar-refractivity contribution in [3.8, 4) is 0 Å². The lowest BCUT2D eigenvalue weighted by Crippen LogP contribution is -2.48. The number of amides is 1. The van der Waals surface area contributed by atoms with E-state index in [9.17, 15) is 14.4 Å². The number of carboxylic acids is 1. The second-order valence-corrected chi connectivity index (χ2v) is 3.28. The number of carboxylic acid groups (broad SMARTS) is 1. The molecule has 0 aromatic rings. The Kier molecular flexibility index (Phi) is 5.54. The first kappa shape index (κ1) is 13.6. The van der Waals surface area contributed by atoms with Gasteiger partial charge in [0.2, 0.25) is 5.91 Å². The summed E-state index contributed by atoms with van der Waals surface area (Å²) in [5, 5.41) is 13.5. The minimum atomic E-state index is -1.07. The van der Waals surface area contributed by atoms with Crippen LogP contribution in [0.3, 0.4) is 0 Å². The lowest BCUT2D eigenvalue weighted by Gasteiger charge is -2.16. The molecule has 0 spiro atoms. The van der Waals surface area contributed by atoms with Crippen LogP contribution in [-0.2, 0) is 14.4 Å². The highest BCUT2D eigenvalue weighted by Gasteiger charge is 2.21. The van der Waals surface area contributed by atoms with E-state index in [0.29, 0.717) is 0 Å². The first-order valence-electron chi connectivity index (χ1n) is 4.58. The molecule has 3 N–H and O–H groups in total. The maximum atomic E-state index is 11.4. The molecule has 0 fully saturated rings. The van der Waals surface area contributed by atoms with Crippen LogP contribution in [0.1, 0.15) is 20.3 Å². The molecule has 0 heterocycles. The molecule has 0 saturated carbocycles. The van der Waals surface area contributed by atoms with Crippen LogP contribution in [0, 0.1) is 0 Å². The predicted octanol–water partition coefficient (Wildman–Crippen LogP) is -0.857. The average Bonchev–Trinajstić information content (AvgIpc) is 2.13. The van der Waals surface area contributed by atoms with E-state index in [-0.39, 0.29) is 12.2 Å². The topological polar surface area (TPSA) is 95.5 Å². The summed E-state index contributed by atoms with van der Waals surface area (Å²) in [5.74, 6) is -1.73. The van der Waals surface area contributed by atoms with Crippen molar-refractivity contribution in [2.45, 2.75) is 32.4 Å². The zero-order valence-electron chi connectivity index (χ0n) is 9.03. The molecule has 0 bridgehead atoms. The van der Waals surface area contributed by atoms with Gasteiger partial charge in [-0.1, -0.05) is 0 Å². The fraction of sp³-hybridized carbons (Fsp3) is 0.667. The predicted molar refractivity (Wildman–Crippen MR) is 53.4 cm³/mol. The maximum Gasteiger partial charge on any atom is 0.305 e. The number of hydrogen-bond acceptors (Lipinski definition) is 4. The highest BCUT2D eigenvalue weighted by atomic mass is 16.4. The summed E-state index contributed by atoms with van der Waals surface area (Å²) in [4.78, 5) is 32.7. The maximum absolute atomic E-state index is 11.4. The van der Waals surface area contributed by atoms with E-state index >= 15 is 0 Å². The minimum Gasteiger partial charge on any atom is -0.481 e. The lowest BCUT2D eigenvalue weighted by molar-refractivity contribution is -0.140. The number of rotatable bonds is 6. The van der Waals surface area contributed by atoms with Crippen LogP contribution < -0.4 is 10.6 Å². The van der Waals surface area contributed by atoms with E-state index < -0.39 is 24.0 Å². The van der Waals surface area contributed by atoms with Crippen LogP contribution in [0.25, 0.3) is 0 Å². The van der Waals surface area contributed by atoms with Gasteiger partial charge in [-0.15, -0.1) is 0 Å². The van der Waals surface area contributed by atoms with Crippen LogP contribution in [0.15, 0.2) is 0 Å². The van der Waals surface area contributed by atoms with Crippen molar-refractivity contribution >= 4 is 17.7 Å². The van der Waals surface area contributed by atoms with Crippen molar-refractivity contribution in [2.24, 2.45) is 0 Å². The van der Waals surface area contributed by atoms with Gasteiger partial charge < -0.3 is 15.7 Å². The SMILES string of the molecule is CN[C@@H](CC(=O)O)C(=O)N[C@@H](C)C(C)=O. The number of carbonyl (C=O) groups excluding carboxylic acids is 2. The molecular formula is C9H16N2O4. The van der Waals surface area contributed by atoms with Gasteiger partial charge in [-0.05, 0) is 20.9 Å². The largest absolute Gasteiger partial charge is 0.481 e. The Morgan fingerprint density at radius 2 is 1.87 bits per heavy atom. The van der Waals surface area contributed by atoms with Gasteiger partial charge in [0.1, 0.15) is 0 Å². The van der Waals surface area contributed by atoms with E-state index in [1.807, 2.05) is 0 Å². The van der Waals surface area contributed by atoms with Gasteiger partial charge in [0.05, 0.1) is 18.5 Å². The summed E-state index contributed by atoms with van der Waals surface area (Å²) in [7, 11) is 1.49. The molecule has 6 heteroatoms. The van der Waals surface area contributed by atoms with Crippen LogP contribution in [0.4, 0.5) is 0 Å². The Labute approximate surface area is 88.0 Å². The van der Waals surface area contributed by atoms with Crippen molar-refractivity contribution in [3.05, 3.63) is 0 Å². The molecule has 0 unspecified atom stereocenters. The third-order valence-corrected chi connectivity index (χ3v) is 2.01. The molecular weight excluding hydrogens is 200 g/mol. The quantitative estimate of drug-likeness (QED) is 0.537. The Bertz CT molecular complexity index is 265. The number of aliphatic carboxylic acids is 1. The van der Waals surface area contributed by atoms with Gasteiger partial charge in [-0.3, -0.25) is 14.4 Å². The van der Waals surface area contributed by atoms with Crippen LogP contribution in [0.5, 0.6) is 0 Å². The number of likely N-dealkylation sites (N-methyl/N-ethyl adjacent to an activating group) is 1. The molecule has 86 valence electrons. The van der Waals surface area contributed by atoms with E-state index in [1.54, 1.807) is 6.92 Å². The Balaban J connectivity index is 4.27. The summed E-state index contributed by atoms with van der Waals surface area (Å²) >= 11 is 0. The molecule has 6 nitrogen and oxygen atoms in total. The number of hydrogen-bond donors (Lipinski definition) is 3. The molecule has 0 saturated heterocycles. The van der Waals surface area contributed by atoms with Crippen molar-refractivity contribution < 1.29 is 19.5 Å². The highest BCUT2D eigenvalue weighted by molar-refractivity contribution is 5.91. The third kappa shape index (κ3) is 5.11. The summed E-state index contributed by atoms with van der Waals surface area (Å²) in [5.41, 5.74) is 0. The minimum absolute atomic E-state index is 0.173. The Morgan fingerprint density at radius 1 is 1.33 bits per heavy atom. The number of Topliss-reactive ketones (excluding diaryl/α,β-unsaturated/α-hetero) is 1. The van der Waals surface area contributed by atoms with E-state index in [1.165, 1.54) is 14.0 Å². The average molecular weight is 216 g/mol. The summed E-state index contributed by atoms with van der Waals surface area (Å²) in [6, 6.07) is -1.41. The van der Waals surface area contributed by atoms with E-state index in [2.05, 4.69) is 10.6 Å². The van der Waals surface area contributed by atoms with Crippen molar-refractivity contribution in [1.29, 1.82) is 0 Å². The number of nitrogens with one attached hydrogen (secondary N) is 2. The van der Waals surface area contributed by atoms with Gasteiger partial charge >= 0.3 is 5.97 Å². The van der Waals surface area contributed by atoms with Gasteiger partial charge in [0.15, 0.2) is 5.78 Å². The molecule has 15 heavy (non-hydrogen) atoms. The monoisotopic (exact) mass is 216 g/mol. The third-order valence-electron chi connectivity index (χ3n) is 2.01. The van der Waals surface area contributed by atoms with Crippen molar-refractivity contribution in [3.63, 3.8) is 0 Å². The van der Waals surface area contributed by atoms with Crippen molar-refractivity contribution in [1.82, 2.24) is 10.6 Å². The van der Waals surface area contributed by atoms with E-state index in [4.69, 9.17) is 5.11 Å². The molecule has 1 amide bonds. The first-order chi connectivity index (χ1) is 6.88. The van der Waals surface area contributed by atoms with Gasteiger partial charge in [0.25, 0.3) is 0 Å². The second kappa shape index (κ2) is 6.13. The molecule has 0 aliphatic rings. The Hall–Kier alpha value is -1.43. The van der Waals surface area contributed by atoms with Gasteiger partial charge in [-0.25, -0.2) is 0 Å². The van der Waals surface area contributed by atoms with Crippen LogP contribution in [-0.4, -0.2) is 41.9 Å². The smallest absolute Gasteiger partial charge is 0.305 e. The van der Waals surface area contributed by atoms with Crippen LogP contribution >= 0.6 is 0 Å². The van der Waals surface area contributed by atoms with E-state index in [0.717, 1.165) is 0 Å². The molecule has 0 radical (unpaired) electrons. The fourth-order valence-corrected chi connectivity index (χ4v) is 0.916. The molecule has 2 atom stereocenters. The standard InChI is InChI=1S/C9H16N2O4/c1-5(6(2)12)11-9(15)7(10-3)4-8(13)14/h5,7,10H,4H2,1-3H3,(H,11,15)(H,13,14)/t5-,7-/m0/s1. The first-order valence-corrected chi connectivity index (χ1v) is 4.58. The molecule has 0 aromatic heterocycles. The Morgan fingerprint density at radius 3 is 2.20 bits per heavy atom. The fourth-order valence-electron chi connectivity index (χ4n) is 0.916. The zero-order chi connectivity index (χ0) is 12.0. The van der Waals surface area contributed by atoms with Crippen LogP contribution in [0.2, 0.25) is 0 Å². The highest BCUT2D eigenvalue weighted by Crippen LogP contribution is 1.93. The molecule has 0 aliphatic heterocycles. The lowest BCUT2D eigenvalue weighted by atomic mass is 10.1. The summed E-state index contributed by atoms with van der Waals surface area (Å²) < 4.78 is 0. The van der Waals surface area contributed by atoms with Crippen molar-refractivity contribution in [2.75, 3.05) is 7.05 Å². The molecule has 0 rings (SSSR count). The molecule has 0 aliphatic carbocycles. The number of carbonyl (C=O) groups is 3. The van der Waals surface area contributed by atoms with Gasteiger partial charge in [-0.2, -0.15) is 0 Å². The normalized spacial score (nSPS) is 14.1. The van der Waals surface area contributed by atoms with Gasteiger partial charge in [0, 0.05) is 0 Å².